The standard InChI is InChI=1S/C32H43ClN2O5S/c1-21-6-5-8-26(19-36)29-13-10-25(29)18-35-15-4-3-7-23-16-28(33)12-9-27(23)20-40-31-14-11-24(17-30(31)35)32(37)34-41(38,39)22(21)2/h9,11-12,14,16-17,21-22,25-26,29,36H,3-8,10,13,15,18-20H2,1-2H3,(H,34,37)/t21-,22+,25?,26-,29?/m0/s1. The Morgan fingerprint density at radius 1 is 1.02 bits per heavy atom. The first kappa shape index (κ1) is 30.2. The van der Waals surface area contributed by atoms with E-state index in [1.54, 1.807) is 25.1 Å². The first-order valence-corrected chi connectivity index (χ1v) is 17.0. The third kappa shape index (κ3) is 6.86. The highest BCUT2D eigenvalue weighted by Crippen LogP contribution is 2.44. The number of rotatable bonds is 1. The molecule has 2 aromatic rings. The fourth-order valence-electron chi connectivity index (χ4n) is 6.77. The molecule has 5 atom stereocenters. The molecule has 0 aromatic heterocycles. The van der Waals surface area contributed by atoms with Crippen LogP contribution in [0.2, 0.25) is 5.02 Å². The average molecular weight is 603 g/mol. The lowest BCUT2D eigenvalue weighted by Crippen LogP contribution is -2.43. The number of aryl methyl sites for hydroxylation is 1. The SMILES string of the molecule is C[C@@H]1[C@@H](C)CCC[C@@H](CO)C2CCC2CN2CCCCc3cc(Cl)ccc3COc3ccc(cc32)C(=O)NS1(=O)=O. The monoisotopic (exact) mass is 602 g/mol. The summed E-state index contributed by atoms with van der Waals surface area (Å²) in [6, 6.07) is 11.2. The molecular weight excluding hydrogens is 560 g/mol. The van der Waals surface area contributed by atoms with Gasteiger partial charge >= 0.3 is 0 Å². The van der Waals surface area contributed by atoms with E-state index in [1.807, 2.05) is 25.1 Å². The summed E-state index contributed by atoms with van der Waals surface area (Å²) in [7, 11) is -3.87. The second kappa shape index (κ2) is 12.9. The summed E-state index contributed by atoms with van der Waals surface area (Å²) in [5.41, 5.74) is 3.39. The number of hydrogen-bond acceptors (Lipinski definition) is 6. The van der Waals surface area contributed by atoms with Crippen molar-refractivity contribution in [2.75, 3.05) is 24.6 Å². The molecule has 0 radical (unpaired) electrons. The molecule has 3 aliphatic rings. The number of carbonyl (C=O) groups excluding carboxylic acids is 1. The first-order valence-electron chi connectivity index (χ1n) is 15.1. The average Bonchev–Trinajstić information content (AvgIpc) is 2.96. The molecule has 1 amide bonds. The molecule has 2 N–H and O–H groups in total. The number of ether oxygens (including phenoxy) is 1. The Kier molecular flexibility index (Phi) is 9.51. The Labute approximate surface area is 249 Å². The number of fused-ring (bicyclic) bond motifs is 3. The van der Waals surface area contributed by atoms with E-state index in [1.165, 1.54) is 5.56 Å². The Hall–Kier alpha value is -2.29. The molecule has 2 unspecified atom stereocenters. The van der Waals surface area contributed by atoms with Gasteiger partial charge < -0.3 is 14.7 Å². The molecule has 5 rings (SSSR count). The molecule has 2 heterocycles. The molecule has 1 aliphatic carbocycles. The molecule has 2 bridgehead atoms. The lowest BCUT2D eigenvalue weighted by Gasteiger charge is -2.44. The van der Waals surface area contributed by atoms with Crippen LogP contribution >= 0.6 is 11.6 Å². The van der Waals surface area contributed by atoms with Crippen molar-refractivity contribution in [1.29, 1.82) is 0 Å². The van der Waals surface area contributed by atoms with Crippen LogP contribution in [-0.4, -0.2) is 44.4 Å². The molecule has 0 spiro atoms. The van der Waals surface area contributed by atoms with Crippen LogP contribution in [0.5, 0.6) is 5.75 Å². The summed E-state index contributed by atoms with van der Waals surface area (Å²) in [6.45, 7) is 5.74. The number of aliphatic hydroxyl groups excluding tert-OH is 1. The number of hydrogen-bond donors (Lipinski definition) is 2. The lowest BCUT2D eigenvalue weighted by atomic mass is 9.65. The van der Waals surface area contributed by atoms with E-state index in [0.29, 0.717) is 34.8 Å². The third-order valence-corrected chi connectivity index (χ3v) is 11.9. The van der Waals surface area contributed by atoms with E-state index in [0.717, 1.165) is 75.7 Å². The zero-order valence-corrected chi connectivity index (χ0v) is 25.7. The molecular formula is C32H43ClN2O5S. The molecule has 0 saturated heterocycles. The summed E-state index contributed by atoms with van der Waals surface area (Å²) < 4.78 is 35.1. The van der Waals surface area contributed by atoms with Crippen LogP contribution in [0.25, 0.3) is 0 Å². The van der Waals surface area contributed by atoms with Gasteiger partial charge in [-0.3, -0.25) is 4.79 Å². The second-order valence-corrected chi connectivity index (χ2v) is 14.8. The van der Waals surface area contributed by atoms with E-state index in [4.69, 9.17) is 16.3 Å². The smallest absolute Gasteiger partial charge is 0.264 e. The molecule has 1 saturated carbocycles. The summed E-state index contributed by atoms with van der Waals surface area (Å²) in [5.74, 6) is 1.04. The normalized spacial score (nSPS) is 29.0. The van der Waals surface area contributed by atoms with Gasteiger partial charge in [0.2, 0.25) is 10.0 Å². The number of nitrogens with zero attached hydrogens (tertiary/aromatic N) is 1. The molecule has 1 fully saturated rings. The zero-order chi connectivity index (χ0) is 29.1. The fourth-order valence-corrected chi connectivity index (χ4v) is 8.27. The van der Waals surface area contributed by atoms with E-state index < -0.39 is 21.2 Å². The first-order chi connectivity index (χ1) is 19.7. The number of amides is 1. The van der Waals surface area contributed by atoms with Crippen molar-refractivity contribution < 1.29 is 23.1 Å². The number of anilines is 1. The van der Waals surface area contributed by atoms with Crippen molar-refractivity contribution in [2.45, 2.75) is 77.1 Å². The number of aliphatic hydroxyl groups is 1. The van der Waals surface area contributed by atoms with Crippen molar-refractivity contribution in [2.24, 2.45) is 23.7 Å². The highest BCUT2D eigenvalue weighted by molar-refractivity contribution is 7.90. The minimum atomic E-state index is -3.87. The zero-order valence-electron chi connectivity index (χ0n) is 24.1. The van der Waals surface area contributed by atoms with Crippen LogP contribution in [0.4, 0.5) is 5.69 Å². The van der Waals surface area contributed by atoms with Gasteiger partial charge in [-0.15, -0.1) is 0 Å². The summed E-state index contributed by atoms with van der Waals surface area (Å²) in [5, 5.41) is 10.3. The van der Waals surface area contributed by atoms with Crippen LogP contribution in [0.1, 0.15) is 80.3 Å². The quantitative estimate of drug-likeness (QED) is 0.418. The highest BCUT2D eigenvalue weighted by Gasteiger charge is 2.38. The maximum absolute atomic E-state index is 13.3. The van der Waals surface area contributed by atoms with Gasteiger partial charge in [0.05, 0.1) is 10.9 Å². The van der Waals surface area contributed by atoms with Gasteiger partial charge in [-0.05, 0) is 117 Å². The highest BCUT2D eigenvalue weighted by atomic mass is 35.5. The van der Waals surface area contributed by atoms with Crippen LogP contribution in [0.3, 0.4) is 0 Å². The second-order valence-electron chi connectivity index (χ2n) is 12.3. The summed E-state index contributed by atoms with van der Waals surface area (Å²) >= 11 is 6.31. The largest absolute Gasteiger partial charge is 0.487 e. The molecule has 41 heavy (non-hydrogen) atoms. The maximum Gasteiger partial charge on any atom is 0.264 e. The number of sulfonamides is 1. The molecule has 224 valence electrons. The number of carbonyl (C=O) groups is 1. The van der Waals surface area contributed by atoms with Gasteiger partial charge in [-0.1, -0.05) is 31.0 Å². The van der Waals surface area contributed by atoms with Gasteiger partial charge in [-0.2, -0.15) is 0 Å². The lowest BCUT2D eigenvalue weighted by molar-refractivity contribution is 0.0575. The van der Waals surface area contributed by atoms with E-state index in [2.05, 4.69) is 9.62 Å². The van der Waals surface area contributed by atoms with Crippen LogP contribution in [-0.2, 0) is 23.1 Å². The van der Waals surface area contributed by atoms with Crippen LogP contribution in [0, 0.1) is 23.7 Å². The van der Waals surface area contributed by atoms with Gasteiger partial charge in [0.1, 0.15) is 12.4 Å². The molecule has 7 nitrogen and oxygen atoms in total. The van der Waals surface area contributed by atoms with E-state index in [9.17, 15) is 18.3 Å². The Morgan fingerprint density at radius 2 is 1.85 bits per heavy atom. The molecule has 2 aromatic carbocycles. The Balaban J connectivity index is 1.53. The summed E-state index contributed by atoms with van der Waals surface area (Å²) in [6.07, 6.45) is 7.54. The third-order valence-electron chi connectivity index (χ3n) is 9.77. The minimum Gasteiger partial charge on any atom is -0.487 e. The Morgan fingerprint density at radius 3 is 2.61 bits per heavy atom. The van der Waals surface area contributed by atoms with Crippen molar-refractivity contribution in [3.8, 4) is 5.75 Å². The maximum atomic E-state index is 13.3. The molecule has 2 aliphatic heterocycles. The number of halogens is 1. The van der Waals surface area contributed by atoms with Crippen molar-refractivity contribution in [1.82, 2.24) is 4.72 Å². The van der Waals surface area contributed by atoms with Crippen molar-refractivity contribution in [3.05, 3.63) is 58.1 Å². The topological polar surface area (TPSA) is 95.9 Å². The summed E-state index contributed by atoms with van der Waals surface area (Å²) in [4.78, 5) is 15.6. The fraction of sp³-hybridized carbons (Fsp3) is 0.594. The van der Waals surface area contributed by atoms with Crippen molar-refractivity contribution >= 4 is 33.2 Å². The van der Waals surface area contributed by atoms with Crippen LogP contribution in [0.15, 0.2) is 36.4 Å². The van der Waals surface area contributed by atoms with Crippen molar-refractivity contribution in [3.63, 3.8) is 0 Å². The Bertz CT molecular complexity index is 1350. The predicted octanol–water partition coefficient (Wildman–Crippen LogP) is 5.96. The van der Waals surface area contributed by atoms with Gasteiger partial charge in [0.15, 0.2) is 0 Å². The van der Waals surface area contributed by atoms with Gasteiger partial charge in [-0.25, -0.2) is 13.1 Å². The predicted molar refractivity (Wildman–Crippen MR) is 163 cm³/mol. The minimum absolute atomic E-state index is 0.112. The number of nitrogens with one attached hydrogen (secondary N) is 1. The van der Waals surface area contributed by atoms with Crippen LogP contribution < -0.4 is 14.4 Å². The molecule has 9 heteroatoms. The van der Waals surface area contributed by atoms with Gasteiger partial charge in [0, 0.05) is 30.3 Å². The van der Waals surface area contributed by atoms with Gasteiger partial charge in [0.25, 0.3) is 5.91 Å². The number of benzene rings is 2. The van der Waals surface area contributed by atoms with E-state index in [-0.39, 0.29) is 18.4 Å². The van der Waals surface area contributed by atoms with E-state index >= 15 is 0 Å².